The number of aliphatic imine (C=N–C) groups is 1. The van der Waals surface area contributed by atoms with Crippen LogP contribution in [0.1, 0.15) is 165 Å². The molecule has 0 aliphatic carbocycles. The molecule has 0 saturated carbocycles. The molecule has 0 spiro atoms. The summed E-state index contributed by atoms with van der Waals surface area (Å²) in [4.78, 5) is 246. The van der Waals surface area contributed by atoms with Crippen LogP contribution in [0.5, 0.6) is 0 Å². The molecule has 674 valence electrons. The predicted molar refractivity (Wildman–Crippen MR) is 456 cm³/mol. The van der Waals surface area contributed by atoms with Crippen molar-refractivity contribution in [2.75, 3.05) is 38.2 Å². The summed E-state index contributed by atoms with van der Waals surface area (Å²) in [6.45, 7) is 19.2. The zero-order chi connectivity index (χ0) is 90.9. The lowest BCUT2D eigenvalue weighted by molar-refractivity contribution is -0.144. The maximum absolute atomic E-state index is 15.0. The van der Waals surface area contributed by atoms with Gasteiger partial charge in [-0.05, 0) is 145 Å². The number of guanidine groups is 1. The Morgan fingerprint density at radius 2 is 0.975 bits per heavy atom. The van der Waals surface area contributed by atoms with Gasteiger partial charge in [0.15, 0.2) is 5.96 Å². The maximum Gasteiger partial charge on any atom is 0.325 e. The van der Waals surface area contributed by atoms with Gasteiger partial charge in [-0.1, -0.05) is 104 Å². The molecule has 1 aromatic heterocycles. The largest absolute Gasteiger partial charge is 0.480 e. The summed E-state index contributed by atoms with van der Waals surface area (Å²) >= 11 is 1.35. The number of thioether (sulfide) groups is 1. The minimum Gasteiger partial charge on any atom is -0.480 e. The zero-order valence-corrected chi connectivity index (χ0v) is 72.7. The number of aromatic nitrogens is 1. The quantitative estimate of drug-likeness (QED) is 0.0163. The number of likely N-dealkylation sites (tertiary alicyclic amines) is 2. The predicted octanol–water partition coefficient (Wildman–Crippen LogP) is -2.16. The number of aliphatic carboxylic acids is 1. The Balaban J connectivity index is 1.33. The van der Waals surface area contributed by atoms with Gasteiger partial charge in [0.1, 0.15) is 84.6 Å². The molecule has 3 heterocycles. The number of carbonyl (C=O) groups is 17. The second-order valence-corrected chi connectivity index (χ2v) is 33.7. The Morgan fingerprint density at radius 3 is 1.55 bits per heavy atom. The number of para-hydroxylation sites is 1. The highest BCUT2D eigenvalue weighted by Gasteiger charge is 2.43. The average Bonchev–Trinajstić information content (AvgIpc) is 1.66. The van der Waals surface area contributed by atoms with Gasteiger partial charge in [0.05, 0.1) is 19.0 Å². The second kappa shape index (κ2) is 49.5. The van der Waals surface area contributed by atoms with Crippen LogP contribution in [0.2, 0.25) is 0 Å². The molecule has 2 saturated heterocycles. The molecule has 2 aliphatic heterocycles. The third kappa shape index (κ3) is 32.5. The van der Waals surface area contributed by atoms with E-state index in [1.165, 1.54) is 49.3 Å². The number of nitrogens with zero attached hydrogens (tertiary/aromatic N) is 3. The minimum absolute atomic E-state index is 0.00941. The molecule has 16 amide bonds. The van der Waals surface area contributed by atoms with Crippen LogP contribution in [-0.2, 0) is 94.3 Å². The highest BCUT2D eigenvalue weighted by atomic mass is 32.2. The summed E-state index contributed by atoms with van der Waals surface area (Å²) in [5.41, 5.74) is 24.6. The van der Waals surface area contributed by atoms with E-state index < -0.39 is 210 Å². The number of fused-ring (bicyclic) bond motifs is 1. The lowest BCUT2D eigenvalue weighted by Gasteiger charge is -2.31. The molecule has 5 rings (SSSR count). The lowest BCUT2D eigenvalue weighted by atomic mass is 9.97. The van der Waals surface area contributed by atoms with E-state index in [0.29, 0.717) is 40.6 Å². The number of carboxylic acid groups (broad SMARTS) is 1. The number of nitrogens with one attached hydrogen (secondary N) is 14. The summed E-state index contributed by atoms with van der Waals surface area (Å²) in [6.07, 6.45) is 3.79. The number of H-pyrrole nitrogens is 1. The number of carboxylic acids is 1. The standard InChI is InChI=1S/C82H127N21O18S/c1-42(2)34-53(83)69(108)89-41-65(105)90-46(9)68(107)94-55(26-19-30-87-82(85)86)70(109)95-56(29-33-122-13)80(119)103-32-21-28-63(103)77(116)99-61(39-64(84)104)74(113)96-57(35-43(3)4)72(111)97-58(36-44(5)6)75(114)101-66(45(7)8)78(117)100-59(37-50-22-15-14-16-23-50)73(112)98-60(38-51-40-88-54-25-18-17-24-52(51)54)71(110)91-47(10)67(106)92-48(11)79(118)102-31-20-27-62(102)76(115)93-49(12)81(120)121/h14-18,22-25,40,42-49,53,55-63,66,88H,19-21,26-39,41,83H2,1-13H3,(H2,84,104)(H,89,108)(H,90,105)(H,91,110)(H,92,106)(H,93,115)(H,94,107)(H,95,109)(H,96,113)(H,97,111)(H,98,112)(H,99,116)(H,100,117)(H,101,114)(H,120,121)(H4,85,86,87)/t46-,47-,48-,49-,53-,55-,56-,57-,58-,59-,60-,61-,62-,63-,66-/m0/s1. The first-order chi connectivity index (χ1) is 57.5. The molecular formula is C82H127N21O18S. The highest BCUT2D eigenvalue weighted by molar-refractivity contribution is 7.98. The van der Waals surface area contributed by atoms with Crippen molar-refractivity contribution < 1.29 is 86.6 Å². The van der Waals surface area contributed by atoms with Crippen LogP contribution in [0.3, 0.4) is 0 Å². The normalized spacial score (nSPS) is 17.0. The Bertz CT molecular complexity index is 4180. The Kier molecular flexibility index (Phi) is 41.0. The first kappa shape index (κ1) is 101. The van der Waals surface area contributed by atoms with E-state index in [4.69, 9.17) is 22.9 Å². The highest BCUT2D eigenvalue weighted by Crippen LogP contribution is 2.24. The summed E-state index contributed by atoms with van der Waals surface area (Å²) in [5, 5.41) is 44.2. The van der Waals surface area contributed by atoms with Crippen LogP contribution >= 0.6 is 11.8 Å². The number of rotatable bonds is 49. The van der Waals surface area contributed by atoms with Crippen molar-refractivity contribution in [1.82, 2.24) is 83.9 Å². The van der Waals surface area contributed by atoms with Crippen molar-refractivity contribution >= 4 is 129 Å². The van der Waals surface area contributed by atoms with Gasteiger partial charge in [-0.15, -0.1) is 0 Å². The SMILES string of the molecule is CSCC[C@H](NC(=O)[C@H](CCCN=C(N)N)NC(=O)[C@H](C)NC(=O)CNC(=O)[C@@H](N)CC(C)C)C(=O)N1CCC[C@H]1C(=O)N[C@@H](CC(N)=O)C(=O)N[C@@H](CC(C)C)C(=O)N[C@@H](CC(C)C)C(=O)N[C@H](C(=O)N[C@@H](Cc1ccccc1)C(=O)N[C@@H](Cc1c[nH]c2ccccc12)C(=O)N[C@@H](C)C(=O)N[C@@H](C)C(=O)N1CCC[C@H]1C(=O)N[C@@H](C)C(=O)O)C(C)C. The monoisotopic (exact) mass is 1730 g/mol. The van der Waals surface area contributed by atoms with Gasteiger partial charge in [-0.25, -0.2) is 0 Å². The summed E-state index contributed by atoms with van der Waals surface area (Å²) in [5.74, 6) is -15.3. The molecule has 15 atom stereocenters. The van der Waals surface area contributed by atoms with E-state index in [9.17, 15) is 81.8 Å². The van der Waals surface area contributed by atoms with Gasteiger partial charge in [0.25, 0.3) is 0 Å². The average molecular weight is 1730 g/mol. The Morgan fingerprint density at radius 1 is 0.492 bits per heavy atom. The fourth-order valence-corrected chi connectivity index (χ4v) is 14.5. The van der Waals surface area contributed by atoms with Gasteiger partial charge in [-0.2, -0.15) is 11.8 Å². The van der Waals surface area contributed by atoms with Crippen molar-refractivity contribution in [3.8, 4) is 0 Å². The Hall–Kier alpha value is -11.5. The van der Waals surface area contributed by atoms with E-state index in [2.05, 4.69) is 79.1 Å². The third-order valence-electron chi connectivity index (χ3n) is 20.6. The molecule has 2 aromatic carbocycles. The summed E-state index contributed by atoms with van der Waals surface area (Å²) < 4.78 is 0. The van der Waals surface area contributed by atoms with Gasteiger partial charge in [0.2, 0.25) is 94.5 Å². The molecule has 2 aliphatic rings. The second-order valence-electron chi connectivity index (χ2n) is 32.7. The van der Waals surface area contributed by atoms with Crippen molar-refractivity contribution in [1.29, 1.82) is 0 Å². The van der Waals surface area contributed by atoms with E-state index in [-0.39, 0.29) is 108 Å². The van der Waals surface area contributed by atoms with Crippen LogP contribution in [0, 0.1) is 23.7 Å². The van der Waals surface area contributed by atoms with Crippen LogP contribution in [0.4, 0.5) is 0 Å². The number of amides is 16. The maximum atomic E-state index is 15.0. The van der Waals surface area contributed by atoms with Gasteiger partial charge in [0, 0.05) is 49.6 Å². The molecule has 122 heavy (non-hydrogen) atoms. The number of carbonyl (C=O) groups excluding carboxylic acids is 16. The van der Waals surface area contributed by atoms with Crippen LogP contribution < -0.4 is 92.1 Å². The third-order valence-corrected chi connectivity index (χ3v) is 21.2. The first-order valence-electron chi connectivity index (χ1n) is 41.4. The number of primary amides is 1. The number of benzene rings is 2. The summed E-state index contributed by atoms with van der Waals surface area (Å²) in [6, 6.07) is -3.84. The summed E-state index contributed by atoms with van der Waals surface area (Å²) in [7, 11) is 0. The molecular weight excluding hydrogens is 1600 g/mol. The number of aromatic amines is 1. The fraction of sp³-hybridized carbons (Fsp3) is 0.610. The number of hydrogen-bond acceptors (Lipinski definition) is 20. The van der Waals surface area contributed by atoms with Gasteiger partial charge in [-0.3, -0.25) is 86.5 Å². The fourth-order valence-electron chi connectivity index (χ4n) is 14.1. The zero-order valence-electron chi connectivity index (χ0n) is 71.9. The number of hydrogen-bond donors (Lipinski definition) is 19. The van der Waals surface area contributed by atoms with E-state index in [1.807, 2.05) is 19.9 Å². The van der Waals surface area contributed by atoms with E-state index >= 15 is 4.79 Å². The molecule has 23 N–H and O–H groups in total. The molecule has 0 radical (unpaired) electrons. The lowest BCUT2D eigenvalue weighted by Crippen LogP contribution is -2.62. The molecule has 39 nitrogen and oxygen atoms in total. The van der Waals surface area contributed by atoms with Crippen LogP contribution in [0.15, 0.2) is 65.8 Å². The van der Waals surface area contributed by atoms with E-state index in [1.54, 1.807) is 103 Å². The number of nitrogens with two attached hydrogens (primary N) is 4. The smallest absolute Gasteiger partial charge is 0.325 e. The molecule has 3 aromatic rings. The topological polar surface area (TPSA) is 606 Å². The Labute approximate surface area is 715 Å². The van der Waals surface area contributed by atoms with Crippen molar-refractivity contribution in [3.05, 3.63) is 71.9 Å². The van der Waals surface area contributed by atoms with E-state index in [0.717, 1.165) is 0 Å². The molecule has 2 fully saturated rings. The van der Waals surface area contributed by atoms with Gasteiger partial charge >= 0.3 is 5.97 Å². The van der Waals surface area contributed by atoms with Gasteiger partial charge < -0.3 is 112 Å². The van der Waals surface area contributed by atoms with Crippen molar-refractivity contribution in [3.63, 3.8) is 0 Å². The van der Waals surface area contributed by atoms with Crippen LogP contribution in [-0.4, -0.2) is 255 Å². The first-order valence-corrected chi connectivity index (χ1v) is 42.8. The minimum atomic E-state index is -1.74. The van der Waals surface area contributed by atoms with Crippen molar-refractivity contribution in [2.45, 2.75) is 257 Å². The molecule has 40 heteroatoms. The van der Waals surface area contributed by atoms with Crippen LogP contribution in [0.25, 0.3) is 10.9 Å². The van der Waals surface area contributed by atoms with Crippen molar-refractivity contribution in [2.24, 2.45) is 51.6 Å². The molecule has 0 bridgehead atoms. The molecule has 0 unspecified atom stereocenters.